The molecule has 0 spiro atoms. The van der Waals surface area contributed by atoms with Crippen molar-refractivity contribution < 1.29 is 9.84 Å². The molecule has 0 radical (unpaired) electrons. The molecule has 0 fully saturated rings. The Balaban J connectivity index is 1.93. The Bertz CT molecular complexity index is 1080. The molecule has 0 aliphatic carbocycles. The van der Waals surface area contributed by atoms with Crippen LogP contribution in [-0.4, -0.2) is 41.7 Å². The topological polar surface area (TPSA) is 45.6 Å². The van der Waals surface area contributed by atoms with Crippen LogP contribution in [-0.2, 0) is 0 Å². The normalized spacial score (nSPS) is 12.4. The second kappa shape index (κ2) is 14.8. The van der Waals surface area contributed by atoms with Gasteiger partial charge in [-0.25, -0.2) is 4.98 Å². The molecule has 0 saturated carbocycles. The highest BCUT2D eigenvalue weighted by molar-refractivity contribution is 6.33. The van der Waals surface area contributed by atoms with Crippen LogP contribution in [0.4, 0.5) is 0 Å². The number of benzene rings is 2. The first-order chi connectivity index (χ1) is 17.5. The lowest BCUT2D eigenvalue weighted by Crippen LogP contribution is -2.31. The number of aliphatic hydroxyl groups excluding tert-OH is 1. The maximum absolute atomic E-state index is 11.6. The summed E-state index contributed by atoms with van der Waals surface area (Å²) in [5, 5.41) is 13.6. The fraction of sp³-hybridized carbons (Fsp3) is 0.500. The van der Waals surface area contributed by atoms with Crippen LogP contribution in [0.5, 0.6) is 5.75 Å². The lowest BCUT2D eigenvalue weighted by Gasteiger charge is -2.26. The average Bonchev–Trinajstić information content (AvgIpc) is 2.88. The molecule has 0 bridgehead atoms. The number of pyridine rings is 1. The van der Waals surface area contributed by atoms with E-state index in [4.69, 9.17) is 32.9 Å². The first kappa shape index (κ1) is 28.7. The third-order valence-electron chi connectivity index (χ3n) is 6.70. The number of hydrogen-bond donors (Lipinski definition) is 1. The molecule has 1 N–H and O–H groups in total. The van der Waals surface area contributed by atoms with Crippen LogP contribution in [0, 0.1) is 0 Å². The quantitative estimate of drug-likeness (QED) is 0.199. The molecule has 4 nitrogen and oxygen atoms in total. The molecule has 0 aliphatic rings. The zero-order valence-corrected chi connectivity index (χ0v) is 23.4. The summed E-state index contributed by atoms with van der Waals surface area (Å²) >= 11 is 12.6. The number of unbranched alkanes of at least 4 members (excludes halogenated alkanes) is 6. The van der Waals surface area contributed by atoms with Gasteiger partial charge in [0.1, 0.15) is 5.75 Å². The molecular formula is C30H40Cl2N2O2. The van der Waals surface area contributed by atoms with Crippen molar-refractivity contribution in [1.82, 2.24) is 9.88 Å². The summed E-state index contributed by atoms with van der Waals surface area (Å²) in [5.74, 6) is 0.568. The Labute approximate surface area is 226 Å². The molecule has 3 rings (SSSR count). The van der Waals surface area contributed by atoms with Gasteiger partial charge >= 0.3 is 0 Å². The van der Waals surface area contributed by atoms with Gasteiger partial charge in [-0.2, -0.15) is 0 Å². The van der Waals surface area contributed by atoms with E-state index in [0.717, 1.165) is 53.7 Å². The zero-order chi connectivity index (χ0) is 25.9. The van der Waals surface area contributed by atoms with Crippen LogP contribution in [0.15, 0.2) is 42.5 Å². The zero-order valence-electron chi connectivity index (χ0n) is 21.9. The van der Waals surface area contributed by atoms with Crippen LogP contribution >= 0.6 is 23.2 Å². The smallest absolute Gasteiger partial charge is 0.139 e. The number of nitrogens with zero attached hydrogens (tertiary/aromatic N) is 2. The van der Waals surface area contributed by atoms with Gasteiger partial charge in [-0.15, -0.1) is 0 Å². The summed E-state index contributed by atoms with van der Waals surface area (Å²) in [6, 6.07) is 13.3. The van der Waals surface area contributed by atoms with Gasteiger partial charge in [-0.05, 0) is 55.8 Å². The predicted octanol–water partition coefficient (Wildman–Crippen LogP) is 8.71. The van der Waals surface area contributed by atoms with E-state index < -0.39 is 6.10 Å². The molecule has 0 saturated heterocycles. The molecule has 1 heterocycles. The Morgan fingerprint density at radius 2 is 1.53 bits per heavy atom. The Kier molecular flexibility index (Phi) is 11.8. The van der Waals surface area contributed by atoms with E-state index in [1.165, 1.54) is 38.5 Å². The number of fused-ring (bicyclic) bond motifs is 1. The van der Waals surface area contributed by atoms with Crippen molar-refractivity contribution >= 4 is 34.1 Å². The van der Waals surface area contributed by atoms with E-state index in [-0.39, 0.29) is 0 Å². The first-order valence-corrected chi connectivity index (χ1v) is 14.1. The maximum Gasteiger partial charge on any atom is 0.139 e. The largest absolute Gasteiger partial charge is 0.495 e. The van der Waals surface area contributed by atoms with Gasteiger partial charge in [0.2, 0.25) is 0 Å². The van der Waals surface area contributed by atoms with Crippen molar-refractivity contribution in [3.05, 3.63) is 58.1 Å². The minimum Gasteiger partial charge on any atom is -0.495 e. The lowest BCUT2D eigenvalue weighted by molar-refractivity contribution is 0.111. The number of ether oxygens (including phenoxy) is 1. The Morgan fingerprint density at radius 1 is 0.889 bits per heavy atom. The number of hydrogen-bond acceptors (Lipinski definition) is 4. The van der Waals surface area contributed by atoms with Gasteiger partial charge in [-0.1, -0.05) is 87.7 Å². The average molecular weight is 532 g/mol. The van der Waals surface area contributed by atoms with Crippen molar-refractivity contribution in [2.24, 2.45) is 0 Å². The molecule has 36 heavy (non-hydrogen) atoms. The van der Waals surface area contributed by atoms with Crippen molar-refractivity contribution in [3.8, 4) is 17.0 Å². The van der Waals surface area contributed by atoms with Crippen LogP contribution in [0.1, 0.15) is 76.9 Å². The second-order valence-electron chi connectivity index (χ2n) is 9.55. The van der Waals surface area contributed by atoms with E-state index in [2.05, 4.69) is 18.7 Å². The molecular weight excluding hydrogens is 491 g/mol. The fourth-order valence-electron chi connectivity index (χ4n) is 4.62. The predicted molar refractivity (Wildman–Crippen MR) is 153 cm³/mol. The second-order valence-corrected chi connectivity index (χ2v) is 10.4. The maximum atomic E-state index is 11.6. The number of rotatable bonds is 15. The van der Waals surface area contributed by atoms with E-state index >= 15 is 0 Å². The highest BCUT2D eigenvalue weighted by Gasteiger charge is 2.19. The standard InChI is InChI=1S/C30H40Cl2N2O2/c1-4-6-8-10-16-34(17-11-9-7-5-2)21-29(35)25-19-27(22-12-14-23(31)15-13-22)33-28-20-30(36-3)26(32)18-24(25)28/h12-15,18-20,29,35H,4-11,16-17,21H2,1-3H3. The molecule has 6 heteroatoms. The molecule has 196 valence electrons. The van der Waals surface area contributed by atoms with Crippen molar-refractivity contribution in [2.45, 2.75) is 71.3 Å². The minimum atomic E-state index is -0.664. The van der Waals surface area contributed by atoms with E-state index in [0.29, 0.717) is 22.3 Å². The van der Waals surface area contributed by atoms with Gasteiger partial charge in [-0.3, -0.25) is 0 Å². The number of aromatic nitrogens is 1. The summed E-state index contributed by atoms with van der Waals surface area (Å²) < 4.78 is 5.45. The highest BCUT2D eigenvalue weighted by atomic mass is 35.5. The summed E-state index contributed by atoms with van der Waals surface area (Å²) in [6.07, 6.45) is 9.06. The summed E-state index contributed by atoms with van der Waals surface area (Å²) in [7, 11) is 1.60. The van der Waals surface area contributed by atoms with E-state index in [1.807, 2.05) is 42.5 Å². The first-order valence-electron chi connectivity index (χ1n) is 13.3. The summed E-state index contributed by atoms with van der Waals surface area (Å²) in [6.45, 7) is 7.06. The Morgan fingerprint density at radius 3 is 2.11 bits per heavy atom. The molecule has 1 unspecified atom stereocenters. The molecule has 0 amide bonds. The molecule has 0 aliphatic heterocycles. The summed E-state index contributed by atoms with van der Waals surface area (Å²) in [5.41, 5.74) is 3.31. The molecule has 2 aromatic carbocycles. The van der Waals surface area contributed by atoms with Gasteiger partial charge in [0.25, 0.3) is 0 Å². The number of methoxy groups -OCH3 is 1. The van der Waals surface area contributed by atoms with Gasteiger partial charge in [0.15, 0.2) is 0 Å². The van der Waals surface area contributed by atoms with Crippen LogP contribution in [0.25, 0.3) is 22.2 Å². The molecule has 3 aromatic rings. The molecule has 1 atom stereocenters. The SMILES string of the molecule is CCCCCCN(CCCCCC)CC(O)c1cc(-c2ccc(Cl)cc2)nc2cc(OC)c(Cl)cc12. The minimum absolute atomic E-state index is 0.510. The fourth-order valence-corrected chi connectivity index (χ4v) is 4.98. The third-order valence-corrected chi connectivity index (χ3v) is 7.25. The number of halogens is 2. The Hall–Kier alpha value is -1.85. The van der Waals surface area contributed by atoms with Crippen LogP contribution in [0.2, 0.25) is 10.0 Å². The monoisotopic (exact) mass is 530 g/mol. The van der Waals surface area contributed by atoms with Gasteiger partial charge in [0, 0.05) is 28.6 Å². The summed E-state index contributed by atoms with van der Waals surface area (Å²) in [4.78, 5) is 7.31. The third kappa shape index (κ3) is 8.08. The highest BCUT2D eigenvalue weighted by Crippen LogP contribution is 2.35. The van der Waals surface area contributed by atoms with Crippen molar-refractivity contribution in [1.29, 1.82) is 0 Å². The van der Waals surface area contributed by atoms with E-state index in [1.54, 1.807) is 7.11 Å². The van der Waals surface area contributed by atoms with E-state index in [9.17, 15) is 5.11 Å². The van der Waals surface area contributed by atoms with Crippen LogP contribution < -0.4 is 4.74 Å². The van der Waals surface area contributed by atoms with Crippen LogP contribution in [0.3, 0.4) is 0 Å². The van der Waals surface area contributed by atoms with Gasteiger partial charge in [0.05, 0.1) is 29.4 Å². The van der Waals surface area contributed by atoms with Gasteiger partial charge < -0.3 is 14.7 Å². The number of aliphatic hydroxyl groups is 1. The molecule has 1 aromatic heterocycles. The van der Waals surface area contributed by atoms with Crippen molar-refractivity contribution in [2.75, 3.05) is 26.7 Å². The lowest BCUT2D eigenvalue weighted by atomic mass is 9.99. The van der Waals surface area contributed by atoms with Crippen molar-refractivity contribution in [3.63, 3.8) is 0 Å².